The molecular formula is C14H12F3N3O3S. The third kappa shape index (κ3) is 2.69. The highest BCUT2D eigenvalue weighted by atomic mass is 32.1. The van der Waals surface area contributed by atoms with Gasteiger partial charge in [-0.25, -0.2) is 0 Å². The van der Waals surface area contributed by atoms with Crippen molar-refractivity contribution in [1.82, 2.24) is 15.0 Å². The molecule has 0 atom stereocenters. The molecule has 0 aromatic carbocycles. The van der Waals surface area contributed by atoms with Crippen LogP contribution in [0.5, 0.6) is 0 Å². The minimum atomic E-state index is -4.66. The van der Waals surface area contributed by atoms with Crippen LogP contribution in [0, 0.1) is 5.92 Å². The Balaban J connectivity index is 1.54. The lowest BCUT2D eigenvalue weighted by Crippen LogP contribution is -2.46. The lowest BCUT2D eigenvalue weighted by molar-refractivity contribution is -0.159. The fourth-order valence-electron chi connectivity index (χ4n) is 2.71. The first-order valence-electron chi connectivity index (χ1n) is 7.31. The summed E-state index contributed by atoms with van der Waals surface area (Å²) in [4.78, 5) is 19.0. The molecule has 0 spiro atoms. The second kappa shape index (κ2) is 5.55. The van der Waals surface area contributed by atoms with Crippen LogP contribution in [0.4, 0.5) is 13.2 Å². The maximum absolute atomic E-state index is 12.6. The fourth-order valence-corrected chi connectivity index (χ4v) is 3.80. The summed E-state index contributed by atoms with van der Waals surface area (Å²) in [7, 11) is 0. The molecule has 1 amide bonds. The average Bonchev–Trinajstić information content (AvgIpc) is 3.10. The van der Waals surface area contributed by atoms with E-state index in [0.29, 0.717) is 37.6 Å². The summed E-state index contributed by atoms with van der Waals surface area (Å²) in [6.45, 7) is 1.97. The lowest BCUT2D eigenvalue weighted by atomic mass is 10.0. The molecule has 10 heteroatoms. The summed E-state index contributed by atoms with van der Waals surface area (Å²) in [5.41, 5.74) is 0.924. The van der Waals surface area contributed by atoms with Gasteiger partial charge in [-0.15, -0.1) is 11.3 Å². The highest BCUT2D eigenvalue weighted by molar-refractivity contribution is 7.15. The van der Waals surface area contributed by atoms with E-state index in [1.54, 1.807) is 11.0 Å². The maximum atomic E-state index is 12.6. The Hall–Kier alpha value is -1.94. The molecule has 2 aliphatic heterocycles. The van der Waals surface area contributed by atoms with Crippen molar-refractivity contribution >= 4 is 17.2 Å². The van der Waals surface area contributed by atoms with Crippen LogP contribution < -0.4 is 0 Å². The number of fused-ring (bicyclic) bond motifs is 1. The number of carbonyl (C=O) groups excluding carboxylic acids is 1. The van der Waals surface area contributed by atoms with E-state index in [4.69, 9.17) is 4.74 Å². The van der Waals surface area contributed by atoms with Crippen molar-refractivity contribution in [1.29, 1.82) is 0 Å². The molecular weight excluding hydrogens is 347 g/mol. The Kier molecular flexibility index (Phi) is 3.61. The molecule has 2 aromatic heterocycles. The minimum absolute atomic E-state index is 0.0681. The predicted octanol–water partition coefficient (Wildman–Crippen LogP) is 2.35. The quantitative estimate of drug-likeness (QED) is 0.823. The van der Waals surface area contributed by atoms with Crippen molar-refractivity contribution in [2.24, 2.45) is 5.92 Å². The Labute approximate surface area is 138 Å². The summed E-state index contributed by atoms with van der Waals surface area (Å²) in [5.74, 6) is -1.44. The summed E-state index contributed by atoms with van der Waals surface area (Å²) < 4.78 is 47.0. The number of carbonyl (C=O) groups is 1. The molecule has 2 aliphatic rings. The van der Waals surface area contributed by atoms with Crippen molar-refractivity contribution in [2.45, 2.75) is 19.1 Å². The molecule has 0 bridgehead atoms. The van der Waals surface area contributed by atoms with Gasteiger partial charge in [-0.1, -0.05) is 5.16 Å². The Bertz CT molecular complexity index is 782. The number of halogens is 3. The second-order valence-electron chi connectivity index (χ2n) is 5.72. The van der Waals surface area contributed by atoms with Crippen LogP contribution in [0.1, 0.15) is 16.3 Å². The molecule has 0 radical (unpaired) electrons. The highest BCUT2D eigenvalue weighted by Gasteiger charge is 2.39. The van der Waals surface area contributed by atoms with Crippen LogP contribution in [0.25, 0.3) is 10.7 Å². The number of nitrogens with zero attached hydrogens (tertiary/aromatic N) is 3. The molecule has 6 nitrogen and oxygen atoms in total. The molecule has 4 heterocycles. The average molecular weight is 359 g/mol. The van der Waals surface area contributed by atoms with Gasteiger partial charge in [0.1, 0.15) is 0 Å². The van der Waals surface area contributed by atoms with Gasteiger partial charge in [0, 0.05) is 18.0 Å². The van der Waals surface area contributed by atoms with E-state index in [1.807, 2.05) is 0 Å². The maximum Gasteiger partial charge on any atom is 0.471 e. The van der Waals surface area contributed by atoms with E-state index < -0.39 is 12.1 Å². The molecule has 0 saturated carbocycles. The summed E-state index contributed by atoms with van der Waals surface area (Å²) >= 11 is 1.34. The minimum Gasteiger partial charge on any atom is -0.380 e. The Morgan fingerprint density at radius 1 is 1.38 bits per heavy atom. The first-order valence-corrected chi connectivity index (χ1v) is 8.13. The second-order valence-corrected chi connectivity index (χ2v) is 6.86. The summed E-state index contributed by atoms with van der Waals surface area (Å²) in [6.07, 6.45) is -3.99. The number of hydrogen-bond acceptors (Lipinski definition) is 6. The molecule has 2 aromatic rings. The van der Waals surface area contributed by atoms with Crippen LogP contribution in [0.2, 0.25) is 0 Å². The monoisotopic (exact) mass is 359 g/mol. The van der Waals surface area contributed by atoms with E-state index in [0.717, 1.165) is 10.4 Å². The Morgan fingerprint density at radius 3 is 2.79 bits per heavy atom. The van der Waals surface area contributed by atoms with Crippen molar-refractivity contribution < 1.29 is 27.2 Å². The SMILES string of the molecule is O=C(C1COC1)N1CCc2sc(-c3noc(C(F)(F)F)n3)cc2C1. The zero-order chi connectivity index (χ0) is 16.9. The van der Waals surface area contributed by atoms with Gasteiger partial charge in [-0.2, -0.15) is 18.2 Å². The third-order valence-electron chi connectivity index (χ3n) is 4.05. The molecule has 24 heavy (non-hydrogen) atoms. The van der Waals surface area contributed by atoms with Crippen LogP contribution in [0.3, 0.4) is 0 Å². The molecule has 1 saturated heterocycles. The van der Waals surface area contributed by atoms with Gasteiger partial charge in [0.25, 0.3) is 0 Å². The molecule has 0 N–H and O–H groups in total. The van der Waals surface area contributed by atoms with Gasteiger partial charge in [-0.3, -0.25) is 4.79 Å². The fraction of sp³-hybridized carbons (Fsp3) is 0.500. The highest BCUT2D eigenvalue weighted by Crippen LogP contribution is 2.36. The zero-order valence-electron chi connectivity index (χ0n) is 12.3. The number of ether oxygens (including phenoxy) is 1. The molecule has 1 fully saturated rings. The van der Waals surface area contributed by atoms with E-state index >= 15 is 0 Å². The summed E-state index contributed by atoms with van der Waals surface area (Å²) in [6, 6.07) is 1.74. The summed E-state index contributed by atoms with van der Waals surface area (Å²) in [5, 5.41) is 3.41. The van der Waals surface area contributed by atoms with Crippen LogP contribution in [0.15, 0.2) is 10.6 Å². The first kappa shape index (κ1) is 15.6. The lowest BCUT2D eigenvalue weighted by Gasteiger charge is -2.33. The van der Waals surface area contributed by atoms with E-state index in [9.17, 15) is 18.0 Å². The molecule has 4 rings (SSSR count). The number of alkyl halides is 3. The largest absolute Gasteiger partial charge is 0.471 e. The van der Waals surface area contributed by atoms with Crippen molar-refractivity contribution in [2.75, 3.05) is 19.8 Å². The predicted molar refractivity (Wildman–Crippen MR) is 76.0 cm³/mol. The van der Waals surface area contributed by atoms with Crippen LogP contribution in [-0.2, 0) is 28.7 Å². The van der Waals surface area contributed by atoms with Gasteiger partial charge in [0.05, 0.1) is 24.0 Å². The van der Waals surface area contributed by atoms with Crippen molar-refractivity contribution in [3.63, 3.8) is 0 Å². The van der Waals surface area contributed by atoms with E-state index in [2.05, 4.69) is 14.7 Å². The number of aromatic nitrogens is 2. The van der Waals surface area contributed by atoms with E-state index in [-0.39, 0.29) is 17.6 Å². The number of hydrogen-bond donors (Lipinski definition) is 0. The first-order chi connectivity index (χ1) is 11.4. The number of amides is 1. The van der Waals surface area contributed by atoms with Gasteiger partial charge < -0.3 is 14.2 Å². The third-order valence-corrected chi connectivity index (χ3v) is 5.29. The number of thiophene rings is 1. The zero-order valence-corrected chi connectivity index (χ0v) is 13.1. The standard InChI is InChI=1S/C14H12F3N3O3S/c15-14(16,17)13-18-11(19-23-13)10-3-7-4-20(2-1-9(7)24-10)12(21)8-5-22-6-8/h3,8H,1-2,4-6H2. The van der Waals surface area contributed by atoms with Crippen LogP contribution in [-0.4, -0.2) is 40.7 Å². The molecule has 0 unspecified atom stereocenters. The Morgan fingerprint density at radius 2 is 2.17 bits per heavy atom. The van der Waals surface area contributed by atoms with Gasteiger partial charge in [0.2, 0.25) is 11.7 Å². The molecule has 0 aliphatic carbocycles. The number of rotatable bonds is 2. The smallest absolute Gasteiger partial charge is 0.380 e. The van der Waals surface area contributed by atoms with Gasteiger partial charge >= 0.3 is 12.1 Å². The van der Waals surface area contributed by atoms with Gasteiger partial charge in [-0.05, 0) is 18.1 Å². The van der Waals surface area contributed by atoms with Gasteiger partial charge in [0.15, 0.2) is 0 Å². The molecule has 128 valence electrons. The van der Waals surface area contributed by atoms with Crippen molar-refractivity contribution in [3.8, 4) is 10.7 Å². The van der Waals surface area contributed by atoms with E-state index in [1.165, 1.54) is 11.3 Å². The topological polar surface area (TPSA) is 68.5 Å². The van der Waals surface area contributed by atoms with Crippen molar-refractivity contribution in [3.05, 3.63) is 22.4 Å². The normalized spacial score (nSPS) is 18.4. The van der Waals surface area contributed by atoms with Crippen LogP contribution >= 0.6 is 11.3 Å².